The van der Waals surface area contributed by atoms with Gasteiger partial charge in [-0.25, -0.2) is 9.37 Å². The highest BCUT2D eigenvalue weighted by molar-refractivity contribution is 7.18. The number of carbonyl (C=O) groups excluding carboxylic acids is 1. The monoisotopic (exact) mass is 432 g/mol. The summed E-state index contributed by atoms with van der Waals surface area (Å²) in [7, 11) is 0. The van der Waals surface area contributed by atoms with E-state index in [4.69, 9.17) is 11.6 Å². The molecule has 152 valence electrons. The van der Waals surface area contributed by atoms with Gasteiger partial charge in [-0.3, -0.25) is 14.6 Å². The molecule has 4 rings (SSSR count). The molecule has 0 bridgehead atoms. The van der Waals surface area contributed by atoms with Crippen LogP contribution in [0.1, 0.15) is 11.4 Å². The molecule has 0 spiro atoms. The molecule has 1 N–H and O–H groups in total. The first kappa shape index (κ1) is 20.2. The van der Waals surface area contributed by atoms with Gasteiger partial charge in [0.1, 0.15) is 10.8 Å². The molecule has 8 heteroatoms. The first-order valence-electron chi connectivity index (χ1n) is 9.60. The molecule has 2 heterocycles. The fourth-order valence-electron chi connectivity index (χ4n) is 3.48. The number of aromatic nitrogens is 1. The minimum absolute atomic E-state index is 0.0195. The van der Waals surface area contributed by atoms with Crippen LogP contribution >= 0.6 is 22.9 Å². The second-order valence-corrected chi connectivity index (χ2v) is 8.73. The van der Waals surface area contributed by atoms with E-state index in [1.165, 1.54) is 6.07 Å². The number of hydrogen-bond donors (Lipinski definition) is 1. The smallest absolute Gasteiger partial charge is 0.238 e. The number of fused-ring (bicyclic) bond motifs is 1. The van der Waals surface area contributed by atoms with Crippen molar-refractivity contribution in [3.8, 4) is 0 Å². The summed E-state index contributed by atoms with van der Waals surface area (Å²) in [4.78, 5) is 21.5. The number of halogens is 2. The Hall–Kier alpha value is -2.06. The zero-order chi connectivity index (χ0) is 20.2. The molecular weight excluding hydrogens is 411 g/mol. The summed E-state index contributed by atoms with van der Waals surface area (Å²) in [6.07, 6.45) is 0.994. The van der Waals surface area contributed by atoms with Gasteiger partial charge < -0.3 is 5.32 Å². The molecule has 0 aliphatic carbocycles. The molecule has 0 atom stereocenters. The van der Waals surface area contributed by atoms with Gasteiger partial charge in [0.2, 0.25) is 5.91 Å². The van der Waals surface area contributed by atoms with Crippen LogP contribution in [0.25, 0.3) is 10.2 Å². The van der Waals surface area contributed by atoms with Gasteiger partial charge >= 0.3 is 0 Å². The van der Waals surface area contributed by atoms with Gasteiger partial charge in [-0.15, -0.1) is 11.3 Å². The number of anilines is 1. The van der Waals surface area contributed by atoms with Crippen molar-refractivity contribution in [1.82, 2.24) is 14.8 Å². The molecule has 1 saturated heterocycles. The SMILES string of the molecule is O=C(CN1CCCN(Cc2nc3ccc(F)cc3s2)CC1)Nc1ccc(Cl)cc1. The maximum atomic E-state index is 13.4. The third-order valence-electron chi connectivity index (χ3n) is 4.93. The van der Waals surface area contributed by atoms with E-state index in [-0.39, 0.29) is 11.7 Å². The maximum Gasteiger partial charge on any atom is 0.238 e. The summed E-state index contributed by atoms with van der Waals surface area (Å²) in [5.41, 5.74) is 1.60. The van der Waals surface area contributed by atoms with Crippen LogP contribution in [0.5, 0.6) is 0 Å². The van der Waals surface area contributed by atoms with E-state index in [0.29, 0.717) is 11.6 Å². The van der Waals surface area contributed by atoms with Crippen LogP contribution in [-0.2, 0) is 11.3 Å². The van der Waals surface area contributed by atoms with Crippen molar-refractivity contribution in [1.29, 1.82) is 0 Å². The topological polar surface area (TPSA) is 48.5 Å². The number of carbonyl (C=O) groups is 1. The lowest BCUT2D eigenvalue weighted by molar-refractivity contribution is -0.117. The number of nitrogens with one attached hydrogen (secondary N) is 1. The Morgan fingerprint density at radius 2 is 1.86 bits per heavy atom. The molecule has 3 aromatic rings. The van der Waals surface area contributed by atoms with Crippen molar-refractivity contribution >= 4 is 44.7 Å². The molecule has 0 radical (unpaired) electrons. The lowest BCUT2D eigenvalue weighted by Gasteiger charge is -2.20. The first-order chi connectivity index (χ1) is 14.0. The van der Waals surface area contributed by atoms with Gasteiger partial charge in [0.15, 0.2) is 0 Å². The summed E-state index contributed by atoms with van der Waals surface area (Å²) >= 11 is 7.42. The molecule has 2 aromatic carbocycles. The average Bonchev–Trinajstić information content (AvgIpc) is 2.95. The fraction of sp³-hybridized carbons (Fsp3) is 0.333. The highest BCUT2D eigenvalue weighted by Gasteiger charge is 2.18. The minimum Gasteiger partial charge on any atom is -0.325 e. The van der Waals surface area contributed by atoms with Crippen LogP contribution in [0.4, 0.5) is 10.1 Å². The van der Waals surface area contributed by atoms with Crippen LogP contribution in [0.3, 0.4) is 0 Å². The average molecular weight is 433 g/mol. The Morgan fingerprint density at radius 3 is 2.69 bits per heavy atom. The second-order valence-electron chi connectivity index (χ2n) is 7.18. The van der Waals surface area contributed by atoms with E-state index in [1.54, 1.807) is 47.7 Å². The fourth-order valence-corrected chi connectivity index (χ4v) is 4.64. The Labute approximate surface area is 178 Å². The third kappa shape index (κ3) is 5.51. The summed E-state index contributed by atoms with van der Waals surface area (Å²) in [6.45, 7) is 4.67. The van der Waals surface area contributed by atoms with Gasteiger partial charge in [-0.1, -0.05) is 11.6 Å². The van der Waals surface area contributed by atoms with E-state index in [0.717, 1.165) is 60.1 Å². The van der Waals surface area contributed by atoms with Crippen LogP contribution in [0.15, 0.2) is 42.5 Å². The summed E-state index contributed by atoms with van der Waals surface area (Å²) in [5, 5.41) is 4.56. The van der Waals surface area contributed by atoms with Crippen LogP contribution in [0, 0.1) is 5.82 Å². The van der Waals surface area contributed by atoms with E-state index >= 15 is 0 Å². The quantitative estimate of drug-likeness (QED) is 0.655. The number of amides is 1. The van der Waals surface area contributed by atoms with Crippen molar-refractivity contribution in [2.45, 2.75) is 13.0 Å². The van der Waals surface area contributed by atoms with Gasteiger partial charge in [-0.05, 0) is 62.0 Å². The third-order valence-corrected chi connectivity index (χ3v) is 6.18. The molecule has 29 heavy (non-hydrogen) atoms. The van der Waals surface area contributed by atoms with Gasteiger partial charge in [-0.2, -0.15) is 0 Å². The van der Waals surface area contributed by atoms with E-state index < -0.39 is 0 Å². The first-order valence-corrected chi connectivity index (χ1v) is 10.8. The van der Waals surface area contributed by atoms with Crippen molar-refractivity contribution in [2.24, 2.45) is 0 Å². The summed E-state index contributed by atoms with van der Waals surface area (Å²) < 4.78 is 14.3. The molecule has 1 aromatic heterocycles. The van der Waals surface area contributed by atoms with Crippen molar-refractivity contribution < 1.29 is 9.18 Å². The molecule has 0 saturated carbocycles. The largest absolute Gasteiger partial charge is 0.325 e. The molecular formula is C21H22ClFN4OS. The van der Waals surface area contributed by atoms with E-state index in [1.807, 2.05) is 0 Å². The minimum atomic E-state index is -0.227. The number of benzene rings is 2. The Balaban J connectivity index is 1.29. The Morgan fingerprint density at radius 1 is 1.10 bits per heavy atom. The molecule has 5 nitrogen and oxygen atoms in total. The standard InChI is InChI=1S/C21H22ClFN4OS/c22-15-2-5-17(6-3-15)24-20(28)13-26-8-1-9-27(11-10-26)14-21-25-18-7-4-16(23)12-19(18)29-21/h2-7,12H,1,8-11,13-14H2,(H,24,28). The summed E-state index contributed by atoms with van der Waals surface area (Å²) in [5.74, 6) is -0.246. The highest BCUT2D eigenvalue weighted by Crippen LogP contribution is 2.24. The summed E-state index contributed by atoms with van der Waals surface area (Å²) in [6, 6.07) is 11.8. The number of thiazole rings is 1. The molecule has 1 amide bonds. The maximum absolute atomic E-state index is 13.4. The molecule has 1 fully saturated rings. The highest BCUT2D eigenvalue weighted by atomic mass is 35.5. The van der Waals surface area contributed by atoms with Gasteiger partial charge in [0, 0.05) is 23.8 Å². The number of rotatable bonds is 5. The lowest BCUT2D eigenvalue weighted by Crippen LogP contribution is -2.36. The Bertz CT molecular complexity index is 994. The van der Waals surface area contributed by atoms with Gasteiger partial charge in [0.25, 0.3) is 0 Å². The zero-order valence-electron chi connectivity index (χ0n) is 15.9. The second kappa shape index (κ2) is 9.17. The zero-order valence-corrected chi connectivity index (χ0v) is 17.5. The van der Waals surface area contributed by atoms with Crippen LogP contribution in [0.2, 0.25) is 5.02 Å². The number of hydrogen-bond acceptors (Lipinski definition) is 5. The van der Waals surface area contributed by atoms with Crippen molar-refractivity contribution in [2.75, 3.05) is 38.0 Å². The lowest BCUT2D eigenvalue weighted by atomic mass is 10.3. The van der Waals surface area contributed by atoms with Gasteiger partial charge in [0.05, 0.1) is 23.3 Å². The Kier molecular flexibility index (Phi) is 6.40. The normalized spacial score (nSPS) is 16.1. The predicted octanol–water partition coefficient (Wildman–Crippen LogP) is 4.24. The molecule has 0 unspecified atom stereocenters. The van der Waals surface area contributed by atoms with Crippen molar-refractivity contribution in [3.63, 3.8) is 0 Å². The van der Waals surface area contributed by atoms with Crippen LogP contribution < -0.4 is 5.32 Å². The predicted molar refractivity (Wildman–Crippen MR) is 116 cm³/mol. The number of nitrogens with zero attached hydrogens (tertiary/aromatic N) is 3. The molecule has 1 aliphatic rings. The van der Waals surface area contributed by atoms with E-state index in [9.17, 15) is 9.18 Å². The van der Waals surface area contributed by atoms with Crippen molar-refractivity contribution in [3.05, 3.63) is 58.3 Å². The van der Waals surface area contributed by atoms with Crippen LogP contribution in [-0.4, -0.2) is 53.4 Å². The van der Waals surface area contributed by atoms with E-state index in [2.05, 4.69) is 20.1 Å². The molecule has 1 aliphatic heterocycles.